The van der Waals surface area contributed by atoms with Gasteiger partial charge in [0.05, 0.1) is 63.3 Å². The van der Waals surface area contributed by atoms with E-state index in [9.17, 15) is 31.0 Å². The van der Waals surface area contributed by atoms with Gasteiger partial charge in [-0.05, 0) is 81.8 Å². The third-order valence-corrected chi connectivity index (χ3v) is 14.4. The summed E-state index contributed by atoms with van der Waals surface area (Å²) in [7, 11) is -5.15. The van der Waals surface area contributed by atoms with Crippen LogP contribution in [0.25, 0.3) is 16.3 Å². The minimum absolute atomic E-state index is 0.0602. The highest BCUT2D eigenvalue weighted by molar-refractivity contribution is 8.03. The van der Waals surface area contributed by atoms with Crippen LogP contribution in [0, 0.1) is 0 Å². The number of nitrogens with zero attached hydrogens (tertiary/aromatic N) is 3. The molecule has 2 aromatic carbocycles. The van der Waals surface area contributed by atoms with E-state index in [-0.39, 0.29) is 31.8 Å². The van der Waals surface area contributed by atoms with Crippen LogP contribution in [-0.2, 0) is 31.5 Å². The van der Waals surface area contributed by atoms with Gasteiger partial charge in [-0.15, -0.1) is 23.5 Å². The number of benzene rings is 2. The van der Waals surface area contributed by atoms with Gasteiger partial charge in [-0.1, -0.05) is 43.9 Å². The monoisotopic (exact) mass is 919 g/mol. The summed E-state index contributed by atoms with van der Waals surface area (Å²) in [5.41, 5.74) is 1.83. The Morgan fingerprint density at radius 2 is 1.57 bits per heavy atom. The van der Waals surface area contributed by atoms with Gasteiger partial charge >= 0.3 is 0 Å². The predicted molar refractivity (Wildman–Crippen MR) is 239 cm³/mol. The van der Waals surface area contributed by atoms with E-state index in [1.54, 1.807) is 66.9 Å². The number of fused-ring (bicyclic) bond motifs is 2. The van der Waals surface area contributed by atoms with Gasteiger partial charge in [-0.2, -0.15) is 13.0 Å². The first-order valence-corrected chi connectivity index (χ1v) is 26.2. The van der Waals surface area contributed by atoms with Gasteiger partial charge < -0.3 is 33.7 Å². The normalized spacial score (nSPS) is 14.1. The third kappa shape index (κ3) is 15.5. The average molecular weight is 920 g/mol. The summed E-state index contributed by atoms with van der Waals surface area (Å²) in [5.74, 6) is 1.18. The number of unbranched alkanes of at least 4 members (excludes halogenated alkanes) is 2. The molecule has 0 saturated carbocycles. The van der Waals surface area contributed by atoms with E-state index < -0.39 is 26.0 Å². The second kappa shape index (κ2) is 24.7. The van der Waals surface area contributed by atoms with Crippen molar-refractivity contribution >= 4 is 88.8 Å². The highest BCUT2D eigenvalue weighted by Crippen LogP contribution is 2.50. The molecule has 0 bridgehead atoms. The SMILES string of the molecule is CCN(CC)CC.COc1cc2c(cc1SC)S\C(=C/C=C(\C=C\c1sc3cc(SC)c(OC)cc3[n+]1CCCCS(=O)(=O)O)OCCO)N2CCCCS(=O)(=O)[O-]. The fourth-order valence-corrected chi connectivity index (χ4v) is 10.6. The summed E-state index contributed by atoms with van der Waals surface area (Å²) in [6.07, 6.45) is 12.9. The number of anilines is 1. The van der Waals surface area contributed by atoms with Crippen molar-refractivity contribution in [3.8, 4) is 11.5 Å². The molecule has 0 fully saturated rings. The number of thioether (sulfide) groups is 3. The Morgan fingerprint density at radius 1 is 0.931 bits per heavy atom. The topological polar surface area (TPSA) is 170 Å². The Bertz CT molecular complexity index is 2090. The van der Waals surface area contributed by atoms with Gasteiger partial charge in [-0.3, -0.25) is 4.55 Å². The Balaban J connectivity index is 0.00000117. The Kier molecular flexibility index (Phi) is 21.3. The molecule has 19 heteroatoms. The fourth-order valence-electron chi connectivity index (χ4n) is 5.96. The van der Waals surface area contributed by atoms with Gasteiger partial charge in [-0.25, -0.2) is 8.42 Å². The lowest BCUT2D eigenvalue weighted by molar-refractivity contribution is -0.669. The molecular weight excluding hydrogens is 863 g/mol. The van der Waals surface area contributed by atoms with Crippen molar-refractivity contribution in [1.29, 1.82) is 0 Å². The number of rotatable bonds is 23. The first kappa shape index (κ1) is 49.9. The Labute approximate surface area is 361 Å². The lowest BCUT2D eigenvalue weighted by atomic mass is 10.2. The molecule has 0 saturated heterocycles. The Hall–Kier alpha value is -2.46. The zero-order valence-corrected chi connectivity index (χ0v) is 39.2. The maximum Gasteiger partial charge on any atom is 0.264 e. The van der Waals surface area contributed by atoms with Crippen molar-refractivity contribution in [2.24, 2.45) is 0 Å². The van der Waals surface area contributed by atoms with Crippen molar-refractivity contribution in [2.75, 3.05) is 82.5 Å². The number of aryl methyl sites for hydroxylation is 1. The number of allylic oxidation sites excluding steroid dienone is 3. The number of thiazole rings is 1. The number of methoxy groups -OCH3 is 2. The number of aromatic nitrogens is 1. The van der Waals surface area contributed by atoms with Crippen molar-refractivity contribution in [2.45, 2.75) is 67.7 Å². The molecule has 13 nitrogen and oxygen atoms in total. The molecule has 0 amide bonds. The minimum atomic E-state index is -4.31. The van der Waals surface area contributed by atoms with Crippen LogP contribution in [0.3, 0.4) is 0 Å². The molecule has 0 radical (unpaired) electrons. The average Bonchev–Trinajstić information content (AvgIpc) is 3.72. The second-order valence-corrected chi connectivity index (χ2v) is 19.7. The van der Waals surface area contributed by atoms with Crippen molar-refractivity contribution < 1.29 is 49.8 Å². The van der Waals surface area contributed by atoms with Gasteiger partial charge in [0, 0.05) is 35.8 Å². The van der Waals surface area contributed by atoms with Gasteiger partial charge in [0.1, 0.15) is 28.6 Å². The van der Waals surface area contributed by atoms with E-state index >= 15 is 0 Å². The van der Waals surface area contributed by atoms with E-state index in [4.69, 9.17) is 14.2 Å². The summed E-state index contributed by atoms with van der Waals surface area (Å²) in [4.78, 5) is 7.40. The van der Waals surface area contributed by atoms with Crippen molar-refractivity contribution in [3.63, 3.8) is 0 Å². The van der Waals surface area contributed by atoms with Crippen LogP contribution in [0.4, 0.5) is 5.69 Å². The predicted octanol–water partition coefficient (Wildman–Crippen LogP) is 7.35. The smallest absolute Gasteiger partial charge is 0.264 e. The van der Waals surface area contributed by atoms with Crippen LogP contribution in [0.1, 0.15) is 51.5 Å². The molecule has 1 aliphatic heterocycles. The summed E-state index contributed by atoms with van der Waals surface area (Å²) in [6, 6.07) is 8.04. The van der Waals surface area contributed by atoms with Crippen LogP contribution in [0.15, 0.2) is 68.0 Å². The van der Waals surface area contributed by atoms with E-state index in [0.717, 1.165) is 52.1 Å². The molecule has 4 rings (SSSR count). The molecule has 1 aromatic heterocycles. The van der Waals surface area contributed by atoms with Gasteiger partial charge in [0.15, 0.2) is 6.54 Å². The third-order valence-electron chi connectivity index (χ3n) is 9.02. The zero-order chi connectivity index (χ0) is 42.9. The Morgan fingerprint density at radius 3 is 2.14 bits per heavy atom. The second-order valence-electron chi connectivity index (χ2n) is 12.8. The highest BCUT2D eigenvalue weighted by atomic mass is 32.2. The number of ether oxygens (including phenoxy) is 3. The molecule has 3 aromatic rings. The fraction of sp³-hybridized carbons (Fsp3) is 0.513. The van der Waals surface area contributed by atoms with E-state index in [2.05, 4.69) is 47.3 Å². The van der Waals surface area contributed by atoms with Gasteiger partial charge in [0.25, 0.3) is 15.1 Å². The van der Waals surface area contributed by atoms with Crippen LogP contribution < -0.4 is 18.9 Å². The van der Waals surface area contributed by atoms with E-state index in [0.29, 0.717) is 31.7 Å². The summed E-state index contributed by atoms with van der Waals surface area (Å²) in [6.45, 7) is 11.0. The standard InChI is InChI=1S/C33H42N2O10S6.C6H15N/c1-43-26-19-24-28(21-30(26)46-3)48-32(34(24)13-5-7-17-50(37,38)39)11-9-23(45-16-15-36)10-12-33-35(14-6-8-18-51(40,41)42)25-20-27(44-2)31(47-4)22-29(25)49-33;1-4-7(5-2)6-3/h9-12,19-22,36H,5-8,13-18H2,1-4H3,(H-,37,38,39,40,41,42);4-6H2,1-3H3. The number of hydrogen-bond donors (Lipinski definition) is 2. The minimum Gasteiger partial charge on any atom is -0.748 e. The maximum atomic E-state index is 11.3. The van der Waals surface area contributed by atoms with Crippen LogP contribution in [-0.4, -0.2) is 114 Å². The molecule has 0 spiro atoms. The summed E-state index contributed by atoms with van der Waals surface area (Å²) in [5, 5.41) is 11.3. The van der Waals surface area contributed by atoms with Gasteiger partial charge in [0.2, 0.25) is 5.52 Å². The van der Waals surface area contributed by atoms with Crippen molar-refractivity contribution in [1.82, 2.24) is 4.90 Å². The highest BCUT2D eigenvalue weighted by Gasteiger charge is 2.27. The molecule has 2 heterocycles. The first-order chi connectivity index (χ1) is 27.6. The molecule has 1 aliphatic rings. The summed E-state index contributed by atoms with van der Waals surface area (Å²) >= 11 is 6.25. The maximum absolute atomic E-state index is 11.3. The first-order valence-electron chi connectivity index (χ1n) is 18.9. The molecule has 58 heavy (non-hydrogen) atoms. The van der Waals surface area contributed by atoms with E-state index in [1.165, 1.54) is 19.6 Å². The van der Waals surface area contributed by atoms with Crippen LogP contribution in [0.5, 0.6) is 11.5 Å². The molecule has 2 N–H and O–H groups in total. The zero-order valence-electron chi connectivity index (χ0n) is 34.3. The lowest BCUT2D eigenvalue weighted by Gasteiger charge is -2.21. The van der Waals surface area contributed by atoms with Crippen molar-refractivity contribution in [3.05, 3.63) is 58.3 Å². The lowest BCUT2D eigenvalue weighted by Crippen LogP contribution is -2.35. The largest absolute Gasteiger partial charge is 0.748 e. The quantitative estimate of drug-likeness (QED) is 0.0242. The van der Waals surface area contributed by atoms with Crippen LogP contribution in [0.2, 0.25) is 0 Å². The molecule has 0 atom stereocenters. The van der Waals surface area contributed by atoms with Crippen LogP contribution >= 0.6 is 46.6 Å². The van der Waals surface area contributed by atoms with E-state index in [1.807, 2.05) is 42.9 Å². The molecule has 0 aliphatic carbocycles. The molecule has 324 valence electrons. The number of aliphatic hydroxyl groups is 1. The molecular formula is C39H57N3O10S6. The number of hydrogen-bond acceptors (Lipinski definition) is 15. The number of aliphatic hydroxyl groups excluding tert-OH is 1. The summed E-state index contributed by atoms with van der Waals surface area (Å²) < 4.78 is 85.8. The molecule has 0 unspecified atom stereocenters.